The lowest BCUT2D eigenvalue weighted by Gasteiger charge is -2.16. The van der Waals surface area contributed by atoms with E-state index in [2.05, 4.69) is 0 Å². The van der Waals surface area contributed by atoms with E-state index in [0.717, 1.165) is 10.8 Å². The van der Waals surface area contributed by atoms with Crippen LogP contribution in [-0.4, -0.2) is 10.2 Å². The molecule has 0 radical (unpaired) electrons. The summed E-state index contributed by atoms with van der Waals surface area (Å²) >= 11 is 0. The van der Waals surface area contributed by atoms with Crippen molar-refractivity contribution < 1.29 is 14.6 Å². The van der Waals surface area contributed by atoms with Gasteiger partial charge in [-0.25, -0.2) is 0 Å². The zero-order chi connectivity index (χ0) is 16.0. The minimum atomic E-state index is -0.314. The molecule has 3 aromatic rings. The fourth-order valence-electron chi connectivity index (χ4n) is 3.06. The van der Waals surface area contributed by atoms with Gasteiger partial charge in [-0.2, -0.15) is 0 Å². The lowest BCUT2D eigenvalue weighted by molar-refractivity contribution is 0.313. The number of fused-ring (bicyclic) bond motifs is 3. The van der Waals surface area contributed by atoms with Crippen molar-refractivity contribution in [3.05, 3.63) is 82.1 Å². The summed E-state index contributed by atoms with van der Waals surface area (Å²) in [5.74, 6) is -0.586. The Hall–Kier alpha value is -3.01. The van der Waals surface area contributed by atoms with E-state index in [1.165, 1.54) is 12.3 Å². The maximum atomic E-state index is 13.0. The Morgan fingerprint density at radius 2 is 1.91 bits per heavy atom. The SMILES string of the molecule is O=c1c(C2C=CC(O)=C(O)C2)coc2ccc3ccccc3c12. The van der Waals surface area contributed by atoms with Crippen molar-refractivity contribution in [3.8, 4) is 0 Å². The molecule has 0 spiro atoms. The first-order valence-electron chi connectivity index (χ1n) is 7.37. The number of rotatable bonds is 1. The van der Waals surface area contributed by atoms with Crippen molar-refractivity contribution in [2.45, 2.75) is 12.3 Å². The van der Waals surface area contributed by atoms with Crippen LogP contribution in [0.1, 0.15) is 17.9 Å². The van der Waals surface area contributed by atoms with E-state index >= 15 is 0 Å². The molecule has 1 aliphatic rings. The monoisotopic (exact) mass is 306 g/mol. The number of hydrogen-bond acceptors (Lipinski definition) is 4. The van der Waals surface area contributed by atoms with Gasteiger partial charge in [0, 0.05) is 17.9 Å². The Kier molecular flexibility index (Phi) is 2.98. The number of benzene rings is 2. The summed E-state index contributed by atoms with van der Waals surface area (Å²) in [4.78, 5) is 13.0. The smallest absolute Gasteiger partial charge is 0.197 e. The molecule has 23 heavy (non-hydrogen) atoms. The first kappa shape index (κ1) is 13.6. The van der Waals surface area contributed by atoms with Crippen molar-refractivity contribution in [1.29, 1.82) is 0 Å². The first-order valence-corrected chi connectivity index (χ1v) is 7.37. The van der Waals surface area contributed by atoms with Gasteiger partial charge in [0.1, 0.15) is 11.3 Å². The molecule has 4 heteroatoms. The molecule has 0 aliphatic heterocycles. The van der Waals surface area contributed by atoms with Gasteiger partial charge in [0.25, 0.3) is 0 Å². The quantitative estimate of drug-likeness (QED) is 0.657. The van der Waals surface area contributed by atoms with Crippen molar-refractivity contribution in [2.24, 2.45) is 0 Å². The number of aliphatic hydroxyl groups is 2. The second kappa shape index (κ2) is 5.02. The molecule has 0 saturated carbocycles. The molecule has 2 aromatic carbocycles. The van der Waals surface area contributed by atoms with Crippen LogP contribution in [-0.2, 0) is 0 Å². The van der Waals surface area contributed by atoms with Gasteiger partial charge in [-0.05, 0) is 22.9 Å². The fraction of sp³-hybridized carbons (Fsp3) is 0.105. The van der Waals surface area contributed by atoms with Crippen LogP contribution in [0.5, 0.6) is 0 Å². The molecule has 4 nitrogen and oxygen atoms in total. The van der Waals surface area contributed by atoms with Crippen molar-refractivity contribution in [1.82, 2.24) is 0 Å². The van der Waals surface area contributed by atoms with Crippen LogP contribution in [0.3, 0.4) is 0 Å². The lowest BCUT2D eigenvalue weighted by Crippen LogP contribution is -2.15. The highest BCUT2D eigenvalue weighted by Gasteiger charge is 2.22. The second-order valence-electron chi connectivity index (χ2n) is 5.68. The summed E-state index contributed by atoms with van der Waals surface area (Å²) in [5, 5.41) is 21.6. The molecule has 1 aromatic heterocycles. The first-order chi connectivity index (χ1) is 11.1. The number of hydrogen-bond donors (Lipinski definition) is 2. The lowest BCUT2D eigenvalue weighted by atomic mass is 9.91. The van der Waals surface area contributed by atoms with E-state index in [9.17, 15) is 15.0 Å². The summed E-state index contributed by atoms with van der Waals surface area (Å²) in [6, 6.07) is 11.4. The van der Waals surface area contributed by atoms with Gasteiger partial charge in [0.2, 0.25) is 0 Å². The van der Waals surface area contributed by atoms with Gasteiger partial charge in [0.15, 0.2) is 11.2 Å². The van der Waals surface area contributed by atoms with E-state index in [1.54, 1.807) is 12.1 Å². The van der Waals surface area contributed by atoms with Crippen molar-refractivity contribution in [2.75, 3.05) is 0 Å². The normalized spacial score (nSPS) is 18.0. The highest BCUT2D eigenvalue weighted by molar-refractivity contribution is 6.05. The Morgan fingerprint density at radius 3 is 2.74 bits per heavy atom. The molecule has 0 amide bonds. The molecule has 2 N–H and O–H groups in total. The Balaban J connectivity index is 1.97. The van der Waals surface area contributed by atoms with Crippen LogP contribution in [0.4, 0.5) is 0 Å². The largest absolute Gasteiger partial charge is 0.508 e. The fourth-order valence-corrected chi connectivity index (χ4v) is 3.06. The van der Waals surface area contributed by atoms with E-state index in [0.29, 0.717) is 16.5 Å². The molecule has 4 rings (SSSR count). The summed E-state index contributed by atoms with van der Waals surface area (Å²) in [6.45, 7) is 0. The molecule has 1 heterocycles. The molecule has 1 atom stereocenters. The Bertz CT molecular complexity index is 1040. The molecule has 0 fully saturated rings. The van der Waals surface area contributed by atoms with Gasteiger partial charge in [-0.3, -0.25) is 4.79 Å². The molecule has 1 unspecified atom stereocenters. The highest BCUT2D eigenvalue weighted by Crippen LogP contribution is 2.30. The third kappa shape index (κ3) is 2.11. The summed E-state index contributed by atoms with van der Waals surface area (Å²) in [5.41, 5.74) is 0.913. The predicted octanol–water partition coefficient (Wildman–Crippen LogP) is 4.32. The zero-order valence-electron chi connectivity index (χ0n) is 12.2. The van der Waals surface area contributed by atoms with E-state index in [4.69, 9.17) is 4.42 Å². The van der Waals surface area contributed by atoms with Crippen molar-refractivity contribution >= 4 is 21.7 Å². The third-order valence-electron chi connectivity index (χ3n) is 4.29. The number of aliphatic hydroxyl groups excluding tert-OH is 2. The van der Waals surface area contributed by atoms with Gasteiger partial charge in [-0.15, -0.1) is 0 Å². The Labute approximate surface area is 131 Å². The molecule has 0 bridgehead atoms. The predicted molar refractivity (Wildman–Crippen MR) is 88.8 cm³/mol. The van der Waals surface area contributed by atoms with Crippen LogP contribution >= 0.6 is 0 Å². The maximum absolute atomic E-state index is 13.0. The zero-order valence-corrected chi connectivity index (χ0v) is 12.2. The van der Waals surface area contributed by atoms with Crippen LogP contribution in [0, 0.1) is 0 Å². The van der Waals surface area contributed by atoms with Crippen LogP contribution in [0.25, 0.3) is 21.7 Å². The minimum absolute atomic E-state index is 0.105. The second-order valence-corrected chi connectivity index (χ2v) is 5.68. The molecule has 1 aliphatic carbocycles. The van der Waals surface area contributed by atoms with Crippen LogP contribution in [0.15, 0.2) is 75.5 Å². The van der Waals surface area contributed by atoms with Crippen LogP contribution in [0.2, 0.25) is 0 Å². The molecular weight excluding hydrogens is 292 g/mol. The van der Waals surface area contributed by atoms with Crippen LogP contribution < -0.4 is 5.43 Å². The third-order valence-corrected chi connectivity index (χ3v) is 4.29. The molecule has 0 saturated heterocycles. The van der Waals surface area contributed by atoms with E-state index < -0.39 is 0 Å². The summed E-state index contributed by atoms with van der Waals surface area (Å²) in [6.07, 6.45) is 4.75. The molecular formula is C19H14O4. The Morgan fingerprint density at radius 1 is 1.09 bits per heavy atom. The average Bonchev–Trinajstić information content (AvgIpc) is 2.57. The van der Waals surface area contributed by atoms with E-state index in [-0.39, 0.29) is 29.3 Å². The maximum Gasteiger partial charge on any atom is 0.197 e. The summed E-state index contributed by atoms with van der Waals surface area (Å²) in [7, 11) is 0. The van der Waals surface area contributed by atoms with Gasteiger partial charge in [-0.1, -0.05) is 36.4 Å². The average molecular weight is 306 g/mol. The summed E-state index contributed by atoms with van der Waals surface area (Å²) < 4.78 is 5.65. The van der Waals surface area contributed by atoms with Crippen molar-refractivity contribution in [3.63, 3.8) is 0 Å². The number of allylic oxidation sites excluding steroid dienone is 3. The van der Waals surface area contributed by atoms with Gasteiger partial charge in [0.05, 0.1) is 11.6 Å². The minimum Gasteiger partial charge on any atom is -0.508 e. The topological polar surface area (TPSA) is 70.7 Å². The van der Waals surface area contributed by atoms with E-state index in [1.807, 2.05) is 30.3 Å². The highest BCUT2D eigenvalue weighted by atomic mass is 16.3. The van der Waals surface area contributed by atoms with Gasteiger partial charge >= 0.3 is 0 Å². The standard InChI is InChI=1S/C19H14O4/c20-15-7-5-12(9-16(15)21)14-10-23-17-8-6-11-3-1-2-4-13(11)18(17)19(14)22/h1-8,10,12,20-21H,9H2. The molecule has 114 valence electrons. The van der Waals surface area contributed by atoms with Gasteiger partial charge < -0.3 is 14.6 Å².